The van der Waals surface area contributed by atoms with Gasteiger partial charge < -0.3 is 4.74 Å². The van der Waals surface area contributed by atoms with Gasteiger partial charge in [0.1, 0.15) is 11.1 Å². The van der Waals surface area contributed by atoms with Crippen molar-refractivity contribution in [2.75, 3.05) is 0 Å². The second-order valence-corrected chi connectivity index (χ2v) is 6.84. The summed E-state index contributed by atoms with van der Waals surface area (Å²) >= 11 is 11.1. The number of benzene rings is 1. The molecule has 0 heterocycles. The maximum atomic E-state index is 13.5. The third-order valence-electron chi connectivity index (χ3n) is 4.03. The first-order valence-corrected chi connectivity index (χ1v) is 7.34. The van der Waals surface area contributed by atoms with Gasteiger partial charge in [0.15, 0.2) is 23.3 Å². The van der Waals surface area contributed by atoms with E-state index in [4.69, 9.17) is 27.9 Å². The molecule has 0 N–H and O–H groups in total. The normalized spacial score (nSPS) is 21.7. The van der Waals surface area contributed by atoms with Crippen LogP contribution in [0, 0.1) is 40.5 Å². The molecule has 8 heteroatoms. The molecular weight excluding hydrogens is 359 g/mol. The number of allylic oxidation sites excluding steroid dienone is 1. The Bertz CT molecular complexity index is 658. The summed E-state index contributed by atoms with van der Waals surface area (Å²) < 4.78 is 57.9. The minimum atomic E-state index is -1.59. The summed E-state index contributed by atoms with van der Waals surface area (Å²) in [6.45, 7) is 2.61. The quantitative estimate of drug-likeness (QED) is 0.429. The number of carbonyl (C=O) groups excluding carboxylic acids is 1. The van der Waals surface area contributed by atoms with E-state index in [0.29, 0.717) is 0 Å². The van der Waals surface area contributed by atoms with Crippen LogP contribution in [-0.2, 0) is 16.1 Å². The second kappa shape index (κ2) is 6.32. The highest BCUT2D eigenvalue weighted by Crippen LogP contribution is 2.60. The first-order chi connectivity index (χ1) is 10.6. The molecule has 2 nitrogen and oxygen atoms in total. The molecule has 1 aliphatic rings. The Morgan fingerprint density at radius 2 is 1.74 bits per heavy atom. The molecule has 0 amide bonds. The highest BCUT2D eigenvalue weighted by molar-refractivity contribution is 6.55. The van der Waals surface area contributed by atoms with E-state index in [0.717, 1.165) is 0 Å². The molecule has 0 aliphatic heterocycles. The zero-order chi connectivity index (χ0) is 17.5. The van der Waals surface area contributed by atoms with E-state index in [2.05, 4.69) is 0 Å². The van der Waals surface area contributed by atoms with E-state index < -0.39 is 52.7 Å². The lowest BCUT2D eigenvalue weighted by Crippen LogP contribution is -2.13. The van der Waals surface area contributed by atoms with Crippen LogP contribution in [0.5, 0.6) is 0 Å². The predicted molar refractivity (Wildman–Crippen MR) is 76.6 cm³/mol. The van der Waals surface area contributed by atoms with Gasteiger partial charge in [-0.1, -0.05) is 37.0 Å². The van der Waals surface area contributed by atoms with E-state index >= 15 is 0 Å². The average Bonchev–Trinajstić information content (AvgIpc) is 2.96. The SMILES string of the molecule is CC1(C)C(C=C(Cl)Cl)[C@H]1C(=O)OCc1c(F)c(F)cc(F)c1F. The number of carbonyl (C=O) groups is 1. The van der Waals surface area contributed by atoms with Crippen molar-refractivity contribution in [3.63, 3.8) is 0 Å². The van der Waals surface area contributed by atoms with Gasteiger partial charge in [-0.25, -0.2) is 17.6 Å². The van der Waals surface area contributed by atoms with Gasteiger partial charge in [-0.2, -0.15) is 0 Å². The largest absolute Gasteiger partial charge is 0.460 e. The fourth-order valence-corrected chi connectivity index (χ4v) is 2.83. The minimum Gasteiger partial charge on any atom is -0.460 e. The Morgan fingerprint density at radius 3 is 2.22 bits per heavy atom. The number of hydrogen-bond donors (Lipinski definition) is 0. The molecule has 23 heavy (non-hydrogen) atoms. The Balaban J connectivity index is 2.11. The number of halogens is 6. The van der Waals surface area contributed by atoms with E-state index in [-0.39, 0.29) is 16.5 Å². The van der Waals surface area contributed by atoms with Gasteiger partial charge in [-0.15, -0.1) is 0 Å². The van der Waals surface area contributed by atoms with Gasteiger partial charge in [-0.05, 0) is 17.4 Å². The van der Waals surface area contributed by atoms with Crippen LogP contribution in [0.25, 0.3) is 0 Å². The maximum Gasteiger partial charge on any atom is 0.310 e. The average molecular weight is 371 g/mol. The molecule has 126 valence electrons. The summed E-state index contributed by atoms with van der Waals surface area (Å²) in [7, 11) is 0. The van der Waals surface area contributed by atoms with Crippen molar-refractivity contribution in [3.05, 3.63) is 45.5 Å². The van der Waals surface area contributed by atoms with Crippen LogP contribution in [0.3, 0.4) is 0 Å². The summed E-state index contributed by atoms with van der Waals surface area (Å²) in [5.41, 5.74) is -1.46. The minimum absolute atomic E-state index is 0.0114. The smallest absolute Gasteiger partial charge is 0.310 e. The highest BCUT2D eigenvalue weighted by Gasteiger charge is 2.61. The molecule has 1 aromatic carbocycles. The Hall–Kier alpha value is -1.27. The lowest BCUT2D eigenvalue weighted by Gasteiger charge is -2.09. The predicted octanol–water partition coefficient (Wildman–Crippen LogP) is 4.88. The molecule has 0 spiro atoms. The second-order valence-electron chi connectivity index (χ2n) is 5.84. The molecular formula is C15H12Cl2F4O2. The number of rotatable bonds is 4. The summed E-state index contributed by atoms with van der Waals surface area (Å²) in [6, 6.07) is 0.0866. The van der Waals surface area contributed by atoms with Crippen LogP contribution < -0.4 is 0 Å². The topological polar surface area (TPSA) is 26.3 Å². The van der Waals surface area contributed by atoms with Crippen molar-refractivity contribution in [1.82, 2.24) is 0 Å². The molecule has 0 saturated heterocycles. The third-order valence-corrected chi connectivity index (χ3v) is 4.28. The maximum absolute atomic E-state index is 13.5. The van der Waals surface area contributed by atoms with Crippen molar-refractivity contribution in [3.8, 4) is 0 Å². The molecule has 0 bridgehead atoms. The lowest BCUT2D eigenvalue weighted by molar-refractivity contribution is -0.147. The van der Waals surface area contributed by atoms with Gasteiger partial charge in [0, 0.05) is 6.07 Å². The molecule has 1 saturated carbocycles. The van der Waals surface area contributed by atoms with Gasteiger partial charge >= 0.3 is 5.97 Å². The van der Waals surface area contributed by atoms with Gasteiger partial charge in [-0.3, -0.25) is 4.79 Å². The first kappa shape index (κ1) is 18.1. The summed E-state index contributed by atoms with van der Waals surface area (Å²) in [5.74, 6) is -7.96. The number of esters is 1. The van der Waals surface area contributed by atoms with Crippen molar-refractivity contribution in [1.29, 1.82) is 0 Å². The fraction of sp³-hybridized carbons (Fsp3) is 0.400. The van der Waals surface area contributed by atoms with Crippen LogP contribution >= 0.6 is 23.2 Å². The van der Waals surface area contributed by atoms with Crippen molar-refractivity contribution in [2.45, 2.75) is 20.5 Å². The molecule has 1 aliphatic carbocycles. The van der Waals surface area contributed by atoms with Crippen LogP contribution in [0.1, 0.15) is 19.4 Å². The summed E-state index contributed by atoms with van der Waals surface area (Å²) in [5, 5.41) is 0. The molecule has 1 fully saturated rings. The van der Waals surface area contributed by atoms with Gasteiger partial charge in [0.25, 0.3) is 0 Å². The van der Waals surface area contributed by atoms with E-state index in [9.17, 15) is 22.4 Å². The Morgan fingerprint density at radius 1 is 1.22 bits per heavy atom. The van der Waals surface area contributed by atoms with Crippen LogP contribution in [0.15, 0.2) is 16.6 Å². The summed E-state index contributed by atoms with van der Waals surface area (Å²) in [6.07, 6.45) is 1.47. The molecule has 0 aromatic heterocycles. The van der Waals surface area contributed by atoms with Gasteiger partial charge in [0.05, 0.1) is 11.5 Å². The van der Waals surface area contributed by atoms with Crippen molar-refractivity contribution in [2.24, 2.45) is 17.3 Å². The van der Waals surface area contributed by atoms with Crippen molar-refractivity contribution < 1.29 is 27.1 Å². The zero-order valence-electron chi connectivity index (χ0n) is 12.1. The number of ether oxygens (including phenoxy) is 1. The molecule has 1 unspecified atom stereocenters. The van der Waals surface area contributed by atoms with E-state index in [1.54, 1.807) is 13.8 Å². The van der Waals surface area contributed by atoms with Crippen LogP contribution in [0.4, 0.5) is 17.6 Å². The van der Waals surface area contributed by atoms with E-state index in [1.807, 2.05) is 0 Å². The number of hydrogen-bond acceptors (Lipinski definition) is 2. The Kier molecular flexibility index (Phi) is 4.97. The summed E-state index contributed by atoms with van der Waals surface area (Å²) in [4.78, 5) is 12.0. The van der Waals surface area contributed by atoms with Crippen LogP contribution in [-0.4, -0.2) is 5.97 Å². The van der Waals surface area contributed by atoms with Crippen molar-refractivity contribution >= 4 is 29.2 Å². The third kappa shape index (κ3) is 3.48. The standard InChI is InChI=1S/C15H12Cl2F4O2/c1-15(2)7(3-10(16)17)11(15)14(22)23-5-6-12(20)8(18)4-9(19)13(6)21/h3-4,7,11H,5H2,1-2H3/t7?,11-/m0/s1. The molecule has 2 atom stereocenters. The molecule has 1 aromatic rings. The fourth-order valence-electron chi connectivity index (χ4n) is 2.56. The van der Waals surface area contributed by atoms with E-state index in [1.165, 1.54) is 6.08 Å². The highest BCUT2D eigenvalue weighted by atomic mass is 35.5. The zero-order valence-corrected chi connectivity index (χ0v) is 13.6. The Labute approximate surface area is 140 Å². The molecule has 0 radical (unpaired) electrons. The first-order valence-electron chi connectivity index (χ1n) is 6.58. The van der Waals surface area contributed by atoms with Crippen LogP contribution in [0.2, 0.25) is 0 Å². The lowest BCUT2D eigenvalue weighted by atomic mass is 10.1. The van der Waals surface area contributed by atoms with Gasteiger partial charge in [0.2, 0.25) is 0 Å². The molecule has 2 rings (SSSR count). The monoisotopic (exact) mass is 370 g/mol.